The molecule has 0 fully saturated rings. The van der Waals surface area contributed by atoms with Gasteiger partial charge in [-0.3, -0.25) is 9.59 Å². The first-order valence-corrected chi connectivity index (χ1v) is 7.39. The van der Waals surface area contributed by atoms with Crippen LogP contribution in [-0.2, 0) is 9.59 Å². The Morgan fingerprint density at radius 3 is 2.17 bits per heavy atom. The third-order valence-electron chi connectivity index (χ3n) is 3.18. The van der Waals surface area contributed by atoms with Crippen molar-refractivity contribution in [1.29, 1.82) is 5.26 Å². The summed E-state index contributed by atoms with van der Waals surface area (Å²) in [6.45, 7) is 2.01. The number of aryl methyl sites for hydroxylation is 1. The zero-order valence-corrected chi connectivity index (χ0v) is 13.2. The van der Waals surface area contributed by atoms with E-state index in [1.807, 2.05) is 31.2 Å². The standard InChI is InChI=1S/C19H17N3O2/c1-14-2-4-15(5-3-14)6-11-18(23)21-16-7-9-17(10-8-16)22-19(24)12-13-20/h2-11H,12H2,1H3,(H,21,23)(H,22,24)/b11-6+. The van der Waals surface area contributed by atoms with E-state index in [1.165, 1.54) is 11.6 Å². The molecule has 0 aliphatic carbocycles. The second-order valence-electron chi connectivity index (χ2n) is 5.19. The molecule has 2 N–H and O–H groups in total. The van der Waals surface area contributed by atoms with Gasteiger partial charge >= 0.3 is 0 Å². The quantitative estimate of drug-likeness (QED) is 0.828. The minimum Gasteiger partial charge on any atom is -0.325 e. The fourth-order valence-corrected chi connectivity index (χ4v) is 1.95. The van der Waals surface area contributed by atoms with E-state index in [-0.39, 0.29) is 18.2 Å². The molecule has 0 aromatic heterocycles. The number of hydrogen-bond donors (Lipinski definition) is 2. The SMILES string of the molecule is Cc1ccc(/C=C/C(=O)Nc2ccc(NC(=O)CC#N)cc2)cc1. The van der Waals surface area contributed by atoms with E-state index >= 15 is 0 Å². The number of amides is 2. The van der Waals surface area contributed by atoms with E-state index in [2.05, 4.69) is 10.6 Å². The number of carbonyl (C=O) groups excluding carboxylic acids is 2. The molecule has 120 valence electrons. The highest BCUT2D eigenvalue weighted by atomic mass is 16.2. The van der Waals surface area contributed by atoms with Gasteiger partial charge in [0.05, 0.1) is 6.07 Å². The first kappa shape index (κ1) is 17.0. The van der Waals surface area contributed by atoms with E-state index in [1.54, 1.807) is 36.4 Å². The summed E-state index contributed by atoms with van der Waals surface area (Å²) in [6, 6.07) is 16.3. The van der Waals surface area contributed by atoms with Gasteiger partial charge in [-0.15, -0.1) is 0 Å². The monoisotopic (exact) mass is 319 g/mol. The molecule has 0 spiro atoms. The Morgan fingerprint density at radius 2 is 1.58 bits per heavy atom. The van der Waals surface area contributed by atoms with Crippen molar-refractivity contribution in [3.8, 4) is 6.07 Å². The Kier molecular flexibility index (Phi) is 5.87. The zero-order chi connectivity index (χ0) is 17.4. The van der Waals surface area contributed by atoms with Crippen molar-refractivity contribution >= 4 is 29.3 Å². The van der Waals surface area contributed by atoms with Crippen LogP contribution in [0.25, 0.3) is 6.08 Å². The predicted octanol–water partition coefficient (Wildman–Crippen LogP) is 3.50. The molecular weight excluding hydrogens is 302 g/mol. The number of rotatable bonds is 5. The predicted molar refractivity (Wildman–Crippen MR) is 94.1 cm³/mol. The highest BCUT2D eigenvalue weighted by Crippen LogP contribution is 2.14. The molecule has 0 saturated carbocycles. The summed E-state index contributed by atoms with van der Waals surface area (Å²) in [6.07, 6.45) is 3.01. The fourth-order valence-electron chi connectivity index (χ4n) is 1.95. The third-order valence-corrected chi connectivity index (χ3v) is 3.18. The van der Waals surface area contributed by atoms with Gasteiger partial charge in [-0.2, -0.15) is 5.26 Å². The fraction of sp³-hybridized carbons (Fsp3) is 0.105. The van der Waals surface area contributed by atoms with Crippen molar-refractivity contribution in [2.75, 3.05) is 10.6 Å². The lowest BCUT2D eigenvalue weighted by Gasteiger charge is -2.05. The van der Waals surface area contributed by atoms with Crippen LogP contribution in [0.3, 0.4) is 0 Å². The van der Waals surface area contributed by atoms with Crippen LogP contribution >= 0.6 is 0 Å². The molecule has 0 bridgehead atoms. The Bertz CT molecular complexity index is 785. The van der Waals surface area contributed by atoms with Crippen LogP contribution in [0.15, 0.2) is 54.6 Å². The number of hydrogen-bond acceptors (Lipinski definition) is 3. The molecule has 0 unspecified atom stereocenters. The molecule has 5 heteroatoms. The minimum atomic E-state index is -0.365. The van der Waals surface area contributed by atoms with Crippen molar-refractivity contribution in [2.45, 2.75) is 13.3 Å². The van der Waals surface area contributed by atoms with Gasteiger partial charge in [0.25, 0.3) is 0 Å². The largest absolute Gasteiger partial charge is 0.325 e. The number of nitriles is 1. The van der Waals surface area contributed by atoms with Crippen LogP contribution in [0.5, 0.6) is 0 Å². The van der Waals surface area contributed by atoms with Crippen LogP contribution in [0.1, 0.15) is 17.5 Å². The van der Waals surface area contributed by atoms with Crippen molar-refractivity contribution in [2.24, 2.45) is 0 Å². The molecule has 0 atom stereocenters. The van der Waals surface area contributed by atoms with Gasteiger partial charge in [0.2, 0.25) is 11.8 Å². The average Bonchev–Trinajstić information content (AvgIpc) is 2.56. The minimum absolute atomic E-state index is 0.192. The topological polar surface area (TPSA) is 82.0 Å². The van der Waals surface area contributed by atoms with Gasteiger partial charge in [0.1, 0.15) is 6.42 Å². The summed E-state index contributed by atoms with van der Waals surface area (Å²) in [5.41, 5.74) is 3.31. The maximum atomic E-state index is 11.9. The normalized spacial score (nSPS) is 10.2. The first-order chi connectivity index (χ1) is 11.6. The molecule has 2 amide bonds. The van der Waals surface area contributed by atoms with Crippen LogP contribution in [0.4, 0.5) is 11.4 Å². The van der Waals surface area contributed by atoms with Crippen LogP contribution in [0, 0.1) is 18.3 Å². The Hall–Kier alpha value is -3.39. The summed E-state index contributed by atoms with van der Waals surface area (Å²) in [4.78, 5) is 23.2. The average molecular weight is 319 g/mol. The molecule has 24 heavy (non-hydrogen) atoms. The van der Waals surface area contributed by atoms with Crippen LogP contribution < -0.4 is 10.6 Å². The maximum absolute atomic E-state index is 11.9. The lowest BCUT2D eigenvalue weighted by molar-refractivity contribution is -0.115. The molecule has 2 aromatic rings. The van der Waals surface area contributed by atoms with Gasteiger partial charge in [0, 0.05) is 17.5 Å². The molecule has 0 radical (unpaired) electrons. The molecule has 0 saturated heterocycles. The molecule has 5 nitrogen and oxygen atoms in total. The molecule has 0 heterocycles. The molecule has 2 aromatic carbocycles. The van der Waals surface area contributed by atoms with E-state index in [9.17, 15) is 9.59 Å². The summed E-state index contributed by atoms with van der Waals surface area (Å²) >= 11 is 0. The smallest absolute Gasteiger partial charge is 0.248 e. The lowest BCUT2D eigenvalue weighted by Crippen LogP contribution is -2.10. The summed E-state index contributed by atoms with van der Waals surface area (Å²) < 4.78 is 0. The Balaban J connectivity index is 1.91. The molecular formula is C19H17N3O2. The number of nitrogens with zero attached hydrogens (tertiary/aromatic N) is 1. The number of nitrogens with one attached hydrogen (secondary N) is 2. The number of anilines is 2. The first-order valence-electron chi connectivity index (χ1n) is 7.39. The van der Waals surface area contributed by atoms with E-state index in [4.69, 9.17) is 5.26 Å². The van der Waals surface area contributed by atoms with Gasteiger partial charge in [0.15, 0.2) is 0 Å². The van der Waals surface area contributed by atoms with Crippen molar-refractivity contribution in [3.05, 3.63) is 65.7 Å². The molecule has 0 aliphatic rings. The van der Waals surface area contributed by atoms with Crippen LogP contribution in [0.2, 0.25) is 0 Å². The zero-order valence-electron chi connectivity index (χ0n) is 13.2. The van der Waals surface area contributed by atoms with Crippen molar-refractivity contribution < 1.29 is 9.59 Å². The summed E-state index contributed by atoms with van der Waals surface area (Å²) in [5.74, 6) is -0.604. The second-order valence-corrected chi connectivity index (χ2v) is 5.19. The molecule has 2 rings (SSSR count). The van der Waals surface area contributed by atoms with Gasteiger partial charge < -0.3 is 10.6 Å². The van der Waals surface area contributed by atoms with E-state index in [0.717, 1.165) is 5.56 Å². The lowest BCUT2D eigenvalue weighted by atomic mass is 10.1. The van der Waals surface area contributed by atoms with Crippen molar-refractivity contribution in [1.82, 2.24) is 0 Å². The Morgan fingerprint density at radius 1 is 1.00 bits per heavy atom. The highest BCUT2D eigenvalue weighted by Gasteiger charge is 2.02. The van der Waals surface area contributed by atoms with Gasteiger partial charge in [-0.25, -0.2) is 0 Å². The summed E-state index contributed by atoms with van der Waals surface area (Å²) in [7, 11) is 0. The maximum Gasteiger partial charge on any atom is 0.248 e. The number of benzene rings is 2. The van der Waals surface area contributed by atoms with Gasteiger partial charge in [-0.05, 0) is 42.8 Å². The summed E-state index contributed by atoms with van der Waals surface area (Å²) in [5, 5.41) is 13.8. The Labute approximate surface area is 140 Å². The number of carbonyl (C=O) groups is 2. The third kappa shape index (κ3) is 5.43. The van der Waals surface area contributed by atoms with E-state index in [0.29, 0.717) is 11.4 Å². The van der Waals surface area contributed by atoms with Crippen molar-refractivity contribution in [3.63, 3.8) is 0 Å². The van der Waals surface area contributed by atoms with Crippen LogP contribution in [-0.4, -0.2) is 11.8 Å². The highest BCUT2D eigenvalue weighted by molar-refractivity contribution is 6.02. The molecule has 0 aliphatic heterocycles. The second kappa shape index (κ2) is 8.30. The van der Waals surface area contributed by atoms with Gasteiger partial charge in [-0.1, -0.05) is 29.8 Å². The van der Waals surface area contributed by atoms with E-state index < -0.39 is 0 Å².